The molecular formula is C14H19Br2KO3. The van der Waals surface area contributed by atoms with Gasteiger partial charge < -0.3 is 10.9 Å². The van der Waals surface area contributed by atoms with E-state index in [1.165, 1.54) is 11.1 Å². The summed E-state index contributed by atoms with van der Waals surface area (Å²) in [7, 11) is 0. The fourth-order valence-electron chi connectivity index (χ4n) is 2.38. The van der Waals surface area contributed by atoms with Gasteiger partial charge in [-0.15, -0.1) is 0 Å². The molecule has 0 aromatic carbocycles. The van der Waals surface area contributed by atoms with Gasteiger partial charge in [-0.05, 0) is 58.5 Å². The molecule has 3 aliphatic rings. The van der Waals surface area contributed by atoms with Gasteiger partial charge in [-0.3, -0.25) is 4.79 Å². The van der Waals surface area contributed by atoms with Crippen LogP contribution in [-0.4, -0.2) is 24.8 Å². The van der Waals surface area contributed by atoms with Crippen LogP contribution >= 0.6 is 31.9 Å². The molecular weight excluding hydrogens is 415 g/mol. The van der Waals surface area contributed by atoms with Crippen LogP contribution in [-0.2, 0) is 14.3 Å². The third-order valence-electron chi connectivity index (χ3n) is 3.64. The summed E-state index contributed by atoms with van der Waals surface area (Å²) in [6.07, 6.45) is 3.70. The van der Waals surface area contributed by atoms with Crippen LogP contribution in [0.2, 0.25) is 0 Å². The Morgan fingerprint density at radius 2 is 1.65 bits per heavy atom. The molecule has 1 aliphatic heterocycles. The number of hydrogen-bond donors (Lipinski definition) is 0. The van der Waals surface area contributed by atoms with Crippen molar-refractivity contribution in [1.82, 2.24) is 0 Å². The Morgan fingerprint density at radius 3 is 1.95 bits per heavy atom. The van der Waals surface area contributed by atoms with Gasteiger partial charge in [0, 0.05) is 12.8 Å². The van der Waals surface area contributed by atoms with Crippen molar-refractivity contribution >= 4 is 37.6 Å². The molecule has 20 heavy (non-hydrogen) atoms. The van der Waals surface area contributed by atoms with E-state index in [0.717, 1.165) is 41.4 Å². The third kappa shape index (κ3) is 4.36. The molecule has 1 fully saturated rings. The van der Waals surface area contributed by atoms with Crippen molar-refractivity contribution in [2.24, 2.45) is 0 Å². The van der Waals surface area contributed by atoms with Gasteiger partial charge in [0.05, 0.1) is 22.2 Å². The first-order valence-electron chi connectivity index (χ1n) is 6.48. The molecule has 0 aromatic rings. The largest absolute Gasteiger partial charge is 1.00 e. The molecule has 0 radical (unpaired) electrons. The van der Waals surface area contributed by atoms with Gasteiger partial charge in [0.15, 0.2) is 5.78 Å². The molecule has 3 nitrogen and oxygen atoms in total. The van der Waals surface area contributed by atoms with Crippen LogP contribution in [0.5, 0.6) is 0 Å². The first-order valence-corrected chi connectivity index (χ1v) is 8.07. The van der Waals surface area contributed by atoms with E-state index in [2.05, 4.69) is 38.8 Å². The molecule has 0 bridgehead atoms. The fourth-order valence-corrected chi connectivity index (χ4v) is 3.40. The number of carbonyl (C=O) groups excluding carboxylic acids is 1. The van der Waals surface area contributed by atoms with Gasteiger partial charge in [-0.25, -0.2) is 0 Å². The van der Waals surface area contributed by atoms with Crippen molar-refractivity contribution in [2.45, 2.75) is 45.3 Å². The zero-order valence-electron chi connectivity index (χ0n) is 13.2. The Hall–Kier alpha value is 1.67. The summed E-state index contributed by atoms with van der Waals surface area (Å²) in [6, 6.07) is 0. The molecule has 0 saturated carbocycles. The average Bonchev–Trinajstić information content (AvgIpc) is 3.06. The van der Waals surface area contributed by atoms with Crippen molar-refractivity contribution in [3.05, 3.63) is 20.1 Å². The Bertz CT molecular complexity index is 457. The number of Topliss-reactive ketones (excluding diaryl/α,β-unsaturated/α-hetero) is 1. The Balaban J connectivity index is 0.000000363. The molecule has 0 unspecified atom stereocenters. The minimum absolute atomic E-state index is 0. The topological polar surface area (TPSA) is 35.5 Å². The third-order valence-corrected chi connectivity index (χ3v) is 6.04. The monoisotopic (exact) mass is 432 g/mol. The number of halogens is 2. The van der Waals surface area contributed by atoms with Crippen molar-refractivity contribution in [3.8, 4) is 0 Å². The van der Waals surface area contributed by atoms with E-state index in [0.29, 0.717) is 6.42 Å². The van der Waals surface area contributed by atoms with E-state index >= 15 is 0 Å². The summed E-state index contributed by atoms with van der Waals surface area (Å²) >= 11 is 6.72. The molecule has 3 rings (SSSR count). The number of ether oxygens (including phenoxy) is 2. The second-order valence-electron chi connectivity index (χ2n) is 5.06. The summed E-state index contributed by atoms with van der Waals surface area (Å²) in [5.41, 5.74) is 2.54. The van der Waals surface area contributed by atoms with E-state index in [1.807, 2.05) is 6.92 Å². The maximum atomic E-state index is 10.7. The van der Waals surface area contributed by atoms with Gasteiger partial charge in [0.2, 0.25) is 5.79 Å². The Kier molecular flexibility index (Phi) is 8.38. The minimum Gasteiger partial charge on any atom is -1.00 e. The van der Waals surface area contributed by atoms with Crippen LogP contribution in [0.3, 0.4) is 0 Å². The van der Waals surface area contributed by atoms with E-state index in [1.54, 1.807) is 0 Å². The molecule has 1 saturated heterocycles. The normalized spacial score (nSPS) is 24.1. The maximum Gasteiger partial charge on any atom is 1.00 e. The number of rotatable bonds is 0. The quantitative estimate of drug-likeness (QED) is 0.540. The summed E-state index contributed by atoms with van der Waals surface area (Å²) in [6.45, 7) is 5.55. The van der Waals surface area contributed by atoms with Gasteiger partial charge in [-0.2, -0.15) is 0 Å². The van der Waals surface area contributed by atoms with Gasteiger partial charge >= 0.3 is 51.4 Å². The smallest absolute Gasteiger partial charge is 1.00 e. The number of allylic oxidation sites excluding steroid dienone is 3. The zero-order valence-corrected chi connectivity index (χ0v) is 18.5. The standard InChI is InChI=1S/C8H11BrO2.C6H7BrO.K.H/c1-6-2-3-8(7(6)9)10-4-5-11-8;1-4-2-3-5(8)6(4)7;;/h2-5H2,1H3;2-3H2,1H3;;/q;;+1;-1. The molecule has 0 N–H and O–H groups in total. The maximum absolute atomic E-state index is 10.7. The van der Waals surface area contributed by atoms with E-state index in [-0.39, 0.29) is 64.4 Å². The molecule has 108 valence electrons. The van der Waals surface area contributed by atoms with Crippen molar-refractivity contribution in [1.29, 1.82) is 0 Å². The van der Waals surface area contributed by atoms with Gasteiger partial charge in [0.25, 0.3) is 0 Å². The van der Waals surface area contributed by atoms with Crippen LogP contribution in [0, 0.1) is 0 Å². The van der Waals surface area contributed by atoms with Crippen LogP contribution in [0.1, 0.15) is 41.0 Å². The van der Waals surface area contributed by atoms with E-state index in [9.17, 15) is 4.79 Å². The molecule has 0 aromatic heterocycles. The summed E-state index contributed by atoms with van der Waals surface area (Å²) in [5.74, 6) is -0.133. The molecule has 1 heterocycles. The minimum atomic E-state index is -0.385. The summed E-state index contributed by atoms with van der Waals surface area (Å²) in [5, 5.41) is 0. The second kappa shape index (κ2) is 8.50. The second-order valence-corrected chi connectivity index (χ2v) is 6.65. The van der Waals surface area contributed by atoms with Crippen molar-refractivity contribution in [2.75, 3.05) is 13.2 Å². The predicted octanol–water partition coefficient (Wildman–Crippen LogP) is 1.33. The zero-order chi connectivity index (χ0) is 14.0. The first kappa shape index (κ1) is 19.7. The average molecular weight is 434 g/mol. The Morgan fingerprint density at radius 1 is 1.05 bits per heavy atom. The van der Waals surface area contributed by atoms with Crippen LogP contribution in [0.15, 0.2) is 20.1 Å². The van der Waals surface area contributed by atoms with Crippen LogP contribution < -0.4 is 51.4 Å². The molecule has 0 amide bonds. The number of ketones is 1. The van der Waals surface area contributed by atoms with Gasteiger partial charge in [-0.1, -0.05) is 11.1 Å². The molecule has 1 spiro atoms. The number of carbonyl (C=O) groups is 1. The van der Waals surface area contributed by atoms with E-state index in [4.69, 9.17) is 9.47 Å². The summed E-state index contributed by atoms with van der Waals surface area (Å²) < 4.78 is 13.0. The predicted molar refractivity (Wildman–Crippen MR) is 82.5 cm³/mol. The molecule has 0 atom stereocenters. The SMILES string of the molecule is CC1=C(Br)C(=O)CC1.CC1=C(Br)C2(CC1)OCCO2.[H-].[K+]. The first-order chi connectivity index (χ1) is 8.96. The molecule has 2 aliphatic carbocycles. The Labute approximate surface area is 181 Å². The fraction of sp³-hybridized carbons (Fsp3) is 0.643. The number of hydrogen-bond acceptors (Lipinski definition) is 3. The van der Waals surface area contributed by atoms with Crippen molar-refractivity contribution < 1.29 is 67.1 Å². The molecule has 6 heteroatoms. The van der Waals surface area contributed by atoms with Crippen molar-refractivity contribution in [3.63, 3.8) is 0 Å². The summed E-state index contributed by atoms with van der Waals surface area (Å²) in [4.78, 5) is 10.7. The van der Waals surface area contributed by atoms with Crippen LogP contribution in [0.4, 0.5) is 0 Å². The van der Waals surface area contributed by atoms with Gasteiger partial charge in [0.1, 0.15) is 0 Å². The van der Waals surface area contributed by atoms with Crippen LogP contribution in [0.25, 0.3) is 0 Å². The van der Waals surface area contributed by atoms with E-state index < -0.39 is 0 Å².